The number of nitrogens with one attached hydrogen (secondary N) is 6. The predicted octanol–water partition coefficient (Wildman–Crippen LogP) is 0.951. The summed E-state index contributed by atoms with van der Waals surface area (Å²) in [6.07, 6.45) is 0.699. The summed E-state index contributed by atoms with van der Waals surface area (Å²) in [5.41, 5.74) is 0.318. The summed E-state index contributed by atoms with van der Waals surface area (Å²) in [5, 5.41) is 14.7. The Hall–Kier alpha value is -5.80. The van der Waals surface area contributed by atoms with Crippen LogP contribution in [-0.4, -0.2) is 85.5 Å². The molecule has 0 radical (unpaired) electrons. The average molecular weight is 725 g/mol. The molecular formula is C36H48N6O10. The van der Waals surface area contributed by atoms with Gasteiger partial charge >= 0.3 is 5.97 Å². The van der Waals surface area contributed by atoms with Crippen LogP contribution < -0.4 is 36.6 Å². The fourth-order valence-electron chi connectivity index (χ4n) is 4.80. The summed E-state index contributed by atoms with van der Waals surface area (Å²) in [6.45, 7) is 6.94. The zero-order chi connectivity index (χ0) is 38.8. The van der Waals surface area contributed by atoms with Gasteiger partial charge in [0.15, 0.2) is 0 Å². The van der Waals surface area contributed by atoms with Gasteiger partial charge in [-0.1, -0.05) is 57.5 Å². The molecule has 0 saturated heterocycles. The van der Waals surface area contributed by atoms with Gasteiger partial charge < -0.3 is 41.4 Å². The third-order valence-corrected chi connectivity index (χ3v) is 7.39. The summed E-state index contributed by atoms with van der Waals surface area (Å²) in [4.78, 5) is 101. The molecule has 0 fully saturated rings. The van der Waals surface area contributed by atoms with Crippen LogP contribution in [0.15, 0.2) is 54.6 Å². The van der Waals surface area contributed by atoms with Crippen LogP contribution in [-0.2, 0) is 43.1 Å². The summed E-state index contributed by atoms with van der Waals surface area (Å²) in [5.74, 6) is -5.24. The van der Waals surface area contributed by atoms with Crippen molar-refractivity contribution < 1.29 is 47.8 Å². The van der Waals surface area contributed by atoms with Crippen molar-refractivity contribution in [1.82, 2.24) is 31.9 Å². The Morgan fingerprint density at radius 1 is 0.692 bits per heavy atom. The van der Waals surface area contributed by atoms with E-state index < -0.39 is 84.5 Å². The number of Topliss-reactive ketones (excluding diaryl/α,β-unsaturated/α-hetero) is 1. The molecule has 6 N–H and O–H groups in total. The Morgan fingerprint density at radius 3 is 1.88 bits per heavy atom. The van der Waals surface area contributed by atoms with Gasteiger partial charge in [0.05, 0.1) is 19.7 Å². The van der Waals surface area contributed by atoms with E-state index in [0.717, 1.165) is 7.11 Å². The van der Waals surface area contributed by atoms with Crippen molar-refractivity contribution in [2.75, 3.05) is 20.2 Å². The normalized spacial score (nSPS) is 12.9. The van der Waals surface area contributed by atoms with Crippen LogP contribution in [0.3, 0.4) is 0 Å². The number of benzene rings is 2. The number of carbonyl (C=O) groups excluding carboxylic acids is 8. The number of esters is 1. The molecule has 52 heavy (non-hydrogen) atoms. The molecule has 2 aromatic rings. The molecule has 16 heteroatoms. The fraction of sp³-hybridized carbons (Fsp3) is 0.444. The first kappa shape index (κ1) is 42.4. The van der Waals surface area contributed by atoms with Crippen molar-refractivity contribution in [3.05, 3.63) is 60.2 Å². The molecule has 2 aromatic carbocycles. The van der Waals surface area contributed by atoms with Gasteiger partial charge in [0, 0.05) is 6.92 Å². The van der Waals surface area contributed by atoms with Crippen LogP contribution in [0.2, 0.25) is 0 Å². The van der Waals surface area contributed by atoms with Crippen molar-refractivity contribution >= 4 is 47.2 Å². The molecule has 2 rings (SSSR count). The molecule has 2 unspecified atom stereocenters. The quantitative estimate of drug-likeness (QED) is 0.0837. The van der Waals surface area contributed by atoms with E-state index in [2.05, 4.69) is 36.6 Å². The molecule has 0 saturated carbocycles. The van der Waals surface area contributed by atoms with Gasteiger partial charge in [-0.3, -0.25) is 38.4 Å². The Bertz CT molecular complexity index is 1560. The number of hydrogen-bond acceptors (Lipinski definition) is 10. The van der Waals surface area contributed by atoms with E-state index >= 15 is 0 Å². The van der Waals surface area contributed by atoms with Crippen LogP contribution in [0.25, 0.3) is 0 Å². The van der Waals surface area contributed by atoms with Crippen molar-refractivity contribution in [3.8, 4) is 11.5 Å². The van der Waals surface area contributed by atoms with Crippen molar-refractivity contribution in [2.24, 2.45) is 5.92 Å². The maximum Gasteiger partial charge on any atom is 0.325 e. The Labute approximate surface area is 302 Å². The number of ketones is 1. The highest BCUT2D eigenvalue weighted by atomic mass is 16.5. The van der Waals surface area contributed by atoms with E-state index in [1.165, 1.54) is 26.0 Å². The van der Waals surface area contributed by atoms with Crippen LogP contribution in [0, 0.1) is 5.92 Å². The van der Waals surface area contributed by atoms with Crippen molar-refractivity contribution in [2.45, 2.75) is 78.0 Å². The highest BCUT2D eigenvalue weighted by Crippen LogP contribution is 2.23. The monoisotopic (exact) mass is 724 g/mol. The SMILES string of the molecule is CCCC(NC(=O)[C@H](CC(C)C)NC(=O)[C@H](C)NC(C)=O)C(=O)C(=O)NCC(=O)NC(C(=O)NCC(=O)OC)c1ccc(Oc2ccccc2)cc1. The lowest BCUT2D eigenvalue weighted by atomic mass is 10.0. The average Bonchev–Trinajstić information content (AvgIpc) is 3.11. The van der Waals surface area contributed by atoms with Gasteiger partial charge in [0.2, 0.25) is 35.3 Å². The maximum absolute atomic E-state index is 13.2. The summed E-state index contributed by atoms with van der Waals surface area (Å²) in [6, 6.07) is 10.6. The van der Waals surface area contributed by atoms with E-state index in [4.69, 9.17) is 4.74 Å². The molecule has 0 aliphatic heterocycles. The molecule has 0 aliphatic carbocycles. The first-order chi connectivity index (χ1) is 24.6. The van der Waals surface area contributed by atoms with E-state index in [1.54, 1.807) is 43.3 Å². The largest absolute Gasteiger partial charge is 0.468 e. The van der Waals surface area contributed by atoms with Gasteiger partial charge in [0.25, 0.3) is 5.91 Å². The van der Waals surface area contributed by atoms with Crippen LogP contribution in [0.1, 0.15) is 65.5 Å². The van der Waals surface area contributed by atoms with E-state index in [-0.39, 0.29) is 18.8 Å². The van der Waals surface area contributed by atoms with Gasteiger partial charge in [0.1, 0.15) is 36.2 Å². The molecule has 282 valence electrons. The molecule has 6 amide bonds. The summed E-state index contributed by atoms with van der Waals surface area (Å²) >= 11 is 0. The van der Waals surface area contributed by atoms with Crippen LogP contribution >= 0.6 is 0 Å². The smallest absolute Gasteiger partial charge is 0.325 e. The number of ether oxygens (including phenoxy) is 2. The number of methoxy groups -OCH3 is 1. The highest BCUT2D eigenvalue weighted by Gasteiger charge is 2.31. The summed E-state index contributed by atoms with van der Waals surface area (Å²) < 4.78 is 10.3. The lowest BCUT2D eigenvalue weighted by molar-refractivity contribution is -0.141. The zero-order valence-electron chi connectivity index (χ0n) is 30.2. The predicted molar refractivity (Wildman–Crippen MR) is 188 cm³/mol. The number of rotatable bonds is 20. The molecule has 0 heterocycles. The second-order valence-corrected chi connectivity index (χ2v) is 12.3. The number of hydrogen-bond donors (Lipinski definition) is 6. The topological polar surface area (TPSA) is 227 Å². The van der Waals surface area contributed by atoms with Gasteiger partial charge in [-0.25, -0.2) is 0 Å². The minimum Gasteiger partial charge on any atom is -0.468 e. The Kier molecular flexibility index (Phi) is 17.5. The minimum atomic E-state index is -1.32. The molecule has 4 atom stereocenters. The zero-order valence-corrected chi connectivity index (χ0v) is 30.2. The number of para-hydroxylation sites is 1. The Balaban J connectivity index is 2.11. The van der Waals surface area contributed by atoms with Gasteiger partial charge in [-0.05, 0) is 55.5 Å². The van der Waals surface area contributed by atoms with Gasteiger partial charge in [-0.2, -0.15) is 0 Å². The van der Waals surface area contributed by atoms with Crippen molar-refractivity contribution in [1.29, 1.82) is 0 Å². The molecular weight excluding hydrogens is 676 g/mol. The van der Waals surface area contributed by atoms with E-state index in [9.17, 15) is 38.4 Å². The highest BCUT2D eigenvalue weighted by molar-refractivity contribution is 6.38. The van der Waals surface area contributed by atoms with E-state index in [1.807, 2.05) is 19.9 Å². The second-order valence-electron chi connectivity index (χ2n) is 12.3. The first-order valence-corrected chi connectivity index (χ1v) is 16.8. The van der Waals surface area contributed by atoms with E-state index in [0.29, 0.717) is 23.5 Å². The Morgan fingerprint density at radius 2 is 1.31 bits per heavy atom. The standard InChI is InChI=1S/C36H48N6O10/c1-7-11-27(40-34(48)28(18-21(2)3)41-33(47)22(4)39-23(5)43)32(46)36(50)37-19-29(44)42-31(35(49)38-20-30(45)51-6)24-14-16-26(17-15-24)52-25-12-9-8-10-13-25/h8-10,12-17,21-22,27-28,31H,7,11,18-20H2,1-6H3,(H,37,50)(H,38,49)(H,39,43)(H,40,48)(H,41,47)(H,42,44)/t22-,27?,28-,31?/m0/s1. The lowest BCUT2D eigenvalue weighted by Gasteiger charge is -2.25. The van der Waals surface area contributed by atoms with Crippen LogP contribution in [0.4, 0.5) is 0 Å². The number of carbonyl (C=O) groups is 8. The first-order valence-electron chi connectivity index (χ1n) is 16.8. The molecule has 0 aliphatic rings. The van der Waals surface area contributed by atoms with Gasteiger partial charge in [-0.15, -0.1) is 0 Å². The molecule has 0 aromatic heterocycles. The molecule has 0 bridgehead atoms. The minimum absolute atomic E-state index is 0.0406. The third-order valence-electron chi connectivity index (χ3n) is 7.39. The van der Waals surface area contributed by atoms with Crippen LogP contribution in [0.5, 0.6) is 11.5 Å². The second kappa shape index (κ2) is 21.4. The fourth-order valence-corrected chi connectivity index (χ4v) is 4.80. The number of amides is 6. The van der Waals surface area contributed by atoms with Crippen molar-refractivity contribution in [3.63, 3.8) is 0 Å². The molecule has 0 spiro atoms. The maximum atomic E-state index is 13.2. The summed E-state index contributed by atoms with van der Waals surface area (Å²) in [7, 11) is 1.15. The third kappa shape index (κ3) is 14.6. The lowest BCUT2D eigenvalue weighted by Crippen LogP contribution is -2.56. The molecule has 16 nitrogen and oxygen atoms in total.